The average molecular weight is 268 g/mol. The number of rotatable bonds is 1. The van der Waals surface area contributed by atoms with Gasteiger partial charge in [-0.05, 0) is 51.7 Å². The van der Waals surface area contributed by atoms with Crippen LogP contribution in [0, 0.1) is 6.92 Å². The summed E-state index contributed by atoms with van der Waals surface area (Å²) in [6.07, 6.45) is 0. The Balaban J connectivity index is 2.36. The lowest BCUT2D eigenvalue weighted by atomic mass is 9.78. The molecule has 98 valence electrons. The number of anilines is 1. The highest BCUT2D eigenvalue weighted by Gasteiger charge is 2.51. The molecule has 0 atom stereocenters. The minimum atomic E-state index is -0.396. The molecule has 1 aromatic carbocycles. The predicted octanol–water partition coefficient (Wildman–Crippen LogP) is 2.53. The van der Waals surface area contributed by atoms with Crippen LogP contribution in [0.1, 0.15) is 33.3 Å². The quantitative estimate of drug-likeness (QED) is 0.628. The van der Waals surface area contributed by atoms with E-state index in [4.69, 9.17) is 26.6 Å². The summed E-state index contributed by atoms with van der Waals surface area (Å²) in [5, 5.41) is 0.541. The molecule has 1 aliphatic heterocycles. The van der Waals surface area contributed by atoms with Gasteiger partial charge in [0.1, 0.15) is 0 Å². The van der Waals surface area contributed by atoms with Crippen LogP contribution in [0.4, 0.5) is 5.69 Å². The third-order valence-electron chi connectivity index (χ3n) is 3.88. The standard InChI is InChI=1S/C13H19BClNO2/c1-8-6-9(7-10(15)11(8)16)14-17-12(2,3)13(4,5)18-14/h6-7H,16H2,1-5H3. The maximum Gasteiger partial charge on any atom is 0.494 e. The second kappa shape index (κ2) is 4.15. The monoisotopic (exact) mass is 267 g/mol. The summed E-state index contributed by atoms with van der Waals surface area (Å²) in [6, 6.07) is 3.77. The van der Waals surface area contributed by atoms with E-state index in [9.17, 15) is 0 Å². The number of aryl methyl sites for hydroxylation is 1. The predicted molar refractivity (Wildman–Crippen MR) is 76.3 cm³/mol. The number of nitrogen functional groups attached to an aromatic ring is 1. The molecule has 1 aliphatic rings. The van der Waals surface area contributed by atoms with E-state index < -0.39 is 7.12 Å². The molecule has 1 aromatic rings. The van der Waals surface area contributed by atoms with Crippen molar-refractivity contribution in [2.75, 3.05) is 5.73 Å². The molecule has 0 amide bonds. The van der Waals surface area contributed by atoms with Crippen molar-refractivity contribution < 1.29 is 9.31 Å². The van der Waals surface area contributed by atoms with Crippen LogP contribution >= 0.6 is 11.6 Å². The van der Waals surface area contributed by atoms with Gasteiger partial charge in [0.15, 0.2) is 0 Å². The lowest BCUT2D eigenvalue weighted by molar-refractivity contribution is 0.00578. The Morgan fingerprint density at radius 2 is 1.61 bits per heavy atom. The highest BCUT2D eigenvalue weighted by atomic mass is 35.5. The molecule has 0 bridgehead atoms. The van der Waals surface area contributed by atoms with Crippen molar-refractivity contribution in [3.63, 3.8) is 0 Å². The zero-order valence-electron chi connectivity index (χ0n) is 11.5. The zero-order valence-corrected chi connectivity index (χ0v) is 12.3. The molecule has 0 unspecified atom stereocenters. The normalized spacial score (nSPS) is 21.3. The van der Waals surface area contributed by atoms with Crippen molar-refractivity contribution in [2.24, 2.45) is 0 Å². The van der Waals surface area contributed by atoms with E-state index in [-0.39, 0.29) is 11.2 Å². The van der Waals surface area contributed by atoms with Gasteiger partial charge in [0, 0.05) is 0 Å². The Labute approximate surface area is 114 Å². The van der Waals surface area contributed by atoms with Gasteiger partial charge in [-0.1, -0.05) is 17.7 Å². The Hall–Kier alpha value is -0.705. The largest absolute Gasteiger partial charge is 0.494 e. The van der Waals surface area contributed by atoms with Crippen LogP contribution < -0.4 is 11.2 Å². The number of hydrogen-bond acceptors (Lipinski definition) is 3. The lowest BCUT2D eigenvalue weighted by Gasteiger charge is -2.32. The topological polar surface area (TPSA) is 44.5 Å². The lowest BCUT2D eigenvalue weighted by Crippen LogP contribution is -2.41. The summed E-state index contributed by atoms with van der Waals surface area (Å²) < 4.78 is 12.0. The van der Waals surface area contributed by atoms with Crippen LogP contribution in [0.2, 0.25) is 5.02 Å². The summed E-state index contributed by atoms with van der Waals surface area (Å²) >= 11 is 6.10. The fourth-order valence-electron chi connectivity index (χ4n) is 1.90. The molecular weight excluding hydrogens is 248 g/mol. The van der Waals surface area contributed by atoms with E-state index in [2.05, 4.69) is 0 Å². The SMILES string of the molecule is Cc1cc(B2OC(C)(C)C(C)(C)O2)cc(Cl)c1N. The van der Waals surface area contributed by atoms with Gasteiger partial charge >= 0.3 is 7.12 Å². The van der Waals surface area contributed by atoms with Crippen LogP contribution in [-0.2, 0) is 9.31 Å². The molecule has 18 heavy (non-hydrogen) atoms. The molecule has 5 heteroatoms. The van der Waals surface area contributed by atoms with Gasteiger partial charge in [-0.25, -0.2) is 0 Å². The number of benzene rings is 1. The highest BCUT2D eigenvalue weighted by molar-refractivity contribution is 6.62. The molecule has 1 saturated heterocycles. The van der Waals surface area contributed by atoms with Gasteiger partial charge < -0.3 is 15.0 Å². The Kier molecular flexibility index (Phi) is 3.17. The smallest absolute Gasteiger partial charge is 0.399 e. The second-order valence-electron chi connectivity index (χ2n) is 5.82. The molecular formula is C13H19BClNO2. The zero-order chi connectivity index (χ0) is 13.7. The van der Waals surface area contributed by atoms with E-state index in [0.717, 1.165) is 11.0 Å². The minimum absolute atomic E-state index is 0.348. The first-order chi connectivity index (χ1) is 8.14. The maximum absolute atomic E-state index is 6.10. The maximum atomic E-state index is 6.10. The van der Waals surface area contributed by atoms with E-state index in [0.29, 0.717) is 10.7 Å². The summed E-state index contributed by atoms with van der Waals surface area (Å²) in [7, 11) is -0.396. The first-order valence-corrected chi connectivity index (χ1v) is 6.43. The Morgan fingerprint density at radius 1 is 1.11 bits per heavy atom. The molecule has 2 N–H and O–H groups in total. The summed E-state index contributed by atoms with van der Waals surface area (Å²) in [6.45, 7) is 10.0. The summed E-state index contributed by atoms with van der Waals surface area (Å²) in [5.41, 5.74) is 7.60. The molecule has 1 fully saturated rings. The summed E-state index contributed by atoms with van der Waals surface area (Å²) in [5.74, 6) is 0. The van der Waals surface area contributed by atoms with Crippen molar-refractivity contribution in [3.05, 3.63) is 22.7 Å². The van der Waals surface area contributed by atoms with Crippen LogP contribution in [0.15, 0.2) is 12.1 Å². The number of halogens is 1. The Morgan fingerprint density at radius 3 is 2.06 bits per heavy atom. The molecule has 0 spiro atoms. The van der Waals surface area contributed by atoms with Crippen LogP contribution in [-0.4, -0.2) is 18.3 Å². The van der Waals surface area contributed by atoms with Gasteiger partial charge in [0.25, 0.3) is 0 Å². The van der Waals surface area contributed by atoms with Crippen molar-refractivity contribution in [2.45, 2.75) is 45.8 Å². The van der Waals surface area contributed by atoms with E-state index in [1.165, 1.54) is 0 Å². The van der Waals surface area contributed by atoms with Gasteiger partial charge in [0.05, 0.1) is 21.9 Å². The van der Waals surface area contributed by atoms with Crippen LogP contribution in [0.25, 0.3) is 0 Å². The molecule has 0 saturated carbocycles. The van der Waals surface area contributed by atoms with E-state index >= 15 is 0 Å². The second-order valence-corrected chi connectivity index (χ2v) is 6.23. The number of nitrogens with two attached hydrogens (primary N) is 1. The molecule has 0 aliphatic carbocycles. The van der Waals surface area contributed by atoms with Crippen molar-refractivity contribution >= 4 is 29.9 Å². The molecule has 1 heterocycles. The molecule has 0 radical (unpaired) electrons. The van der Waals surface area contributed by atoms with E-state index in [1.54, 1.807) is 0 Å². The molecule has 3 nitrogen and oxygen atoms in total. The van der Waals surface area contributed by atoms with E-state index in [1.807, 2.05) is 46.8 Å². The third kappa shape index (κ3) is 2.13. The first-order valence-electron chi connectivity index (χ1n) is 6.05. The molecule has 2 rings (SSSR count). The van der Waals surface area contributed by atoms with Gasteiger partial charge in [0.2, 0.25) is 0 Å². The van der Waals surface area contributed by atoms with Gasteiger partial charge in [-0.15, -0.1) is 0 Å². The number of hydrogen-bond donors (Lipinski definition) is 1. The fourth-order valence-corrected chi connectivity index (χ4v) is 2.17. The molecule has 0 aromatic heterocycles. The van der Waals surface area contributed by atoms with Crippen molar-refractivity contribution in [1.29, 1.82) is 0 Å². The minimum Gasteiger partial charge on any atom is -0.399 e. The fraction of sp³-hybridized carbons (Fsp3) is 0.538. The van der Waals surface area contributed by atoms with Crippen LogP contribution in [0.5, 0.6) is 0 Å². The van der Waals surface area contributed by atoms with Gasteiger partial charge in [-0.3, -0.25) is 0 Å². The van der Waals surface area contributed by atoms with Crippen LogP contribution in [0.3, 0.4) is 0 Å². The Bertz CT molecular complexity index is 449. The van der Waals surface area contributed by atoms with Crippen molar-refractivity contribution in [1.82, 2.24) is 0 Å². The summed E-state index contributed by atoms with van der Waals surface area (Å²) in [4.78, 5) is 0. The van der Waals surface area contributed by atoms with Gasteiger partial charge in [-0.2, -0.15) is 0 Å². The highest BCUT2D eigenvalue weighted by Crippen LogP contribution is 2.36. The van der Waals surface area contributed by atoms with Crippen molar-refractivity contribution in [3.8, 4) is 0 Å². The third-order valence-corrected chi connectivity index (χ3v) is 4.20. The average Bonchev–Trinajstić information content (AvgIpc) is 2.44. The first kappa shape index (κ1) is 13.7.